The molecule has 1 rings (SSSR count). The van der Waals surface area contributed by atoms with Gasteiger partial charge in [-0.05, 0) is 24.5 Å². The summed E-state index contributed by atoms with van der Waals surface area (Å²) in [5, 5.41) is 0. The van der Waals surface area contributed by atoms with Gasteiger partial charge >= 0.3 is 0 Å². The summed E-state index contributed by atoms with van der Waals surface area (Å²) in [6.45, 7) is 5.74. The van der Waals surface area contributed by atoms with Crippen LogP contribution in [0.1, 0.15) is 12.5 Å². The van der Waals surface area contributed by atoms with E-state index in [2.05, 4.69) is 43.0 Å². The molecule has 14 heavy (non-hydrogen) atoms. The summed E-state index contributed by atoms with van der Waals surface area (Å²) in [4.78, 5) is 0. The highest BCUT2D eigenvalue weighted by Gasteiger charge is 1.93. The van der Waals surface area contributed by atoms with E-state index in [-0.39, 0.29) is 0 Å². The molecular formula is C14H16. The van der Waals surface area contributed by atoms with Crippen molar-refractivity contribution in [3.63, 3.8) is 0 Å². The zero-order valence-corrected chi connectivity index (χ0v) is 8.61. The third kappa shape index (κ3) is 3.44. The van der Waals surface area contributed by atoms with Crippen molar-refractivity contribution < 1.29 is 0 Å². The van der Waals surface area contributed by atoms with Crippen LogP contribution in [0.2, 0.25) is 0 Å². The molecular weight excluding hydrogens is 168 g/mol. The lowest BCUT2D eigenvalue weighted by Crippen LogP contribution is -1.86. The predicted molar refractivity (Wildman–Crippen MR) is 63.2 cm³/mol. The zero-order chi connectivity index (χ0) is 10.2. The molecule has 0 fully saturated rings. The Hall–Kier alpha value is -1.56. The Labute approximate surface area is 86.3 Å². The second-order valence-corrected chi connectivity index (χ2v) is 3.14. The fourth-order valence-electron chi connectivity index (χ4n) is 1.37. The van der Waals surface area contributed by atoms with Gasteiger partial charge in [0.1, 0.15) is 0 Å². The van der Waals surface area contributed by atoms with Gasteiger partial charge in [0.05, 0.1) is 0 Å². The van der Waals surface area contributed by atoms with Crippen LogP contribution in [0.15, 0.2) is 66.8 Å². The van der Waals surface area contributed by atoms with Crippen LogP contribution < -0.4 is 0 Å². The van der Waals surface area contributed by atoms with Crippen LogP contribution in [-0.4, -0.2) is 0 Å². The Morgan fingerprint density at radius 2 is 2.00 bits per heavy atom. The molecule has 0 N–H and O–H groups in total. The van der Waals surface area contributed by atoms with Gasteiger partial charge in [0.15, 0.2) is 0 Å². The molecule has 0 spiro atoms. The summed E-state index contributed by atoms with van der Waals surface area (Å²) >= 11 is 0. The third-order valence-electron chi connectivity index (χ3n) is 1.96. The molecule has 0 atom stereocenters. The highest BCUT2D eigenvalue weighted by atomic mass is 14.0. The number of hydrogen-bond donors (Lipinski definition) is 0. The van der Waals surface area contributed by atoms with Gasteiger partial charge in [0.2, 0.25) is 0 Å². The molecule has 0 bridgehead atoms. The van der Waals surface area contributed by atoms with Crippen LogP contribution in [0, 0.1) is 0 Å². The first-order valence-electron chi connectivity index (χ1n) is 4.85. The van der Waals surface area contributed by atoms with E-state index < -0.39 is 0 Å². The van der Waals surface area contributed by atoms with Gasteiger partial charge in [-0.25, -0.2) is 0 Å². The third-order valence-corrected chi connectivity index (χ3v) is 1.96. The van der Waals surface area contributed by atoms with Crippen molar-refractivity contribution in [3.8, 4) is 0 Å². The molecule has 0 heterocycles. The smallest absolute Gasteiger partial charge is 0.00259 e. The normalized spacial score (nSPS) is 11.9. The summed E-state index contributed by atoms with van der Waals surface area (Å²) < 4.78 is 0. The molecule has 1 aromatic rings. The van der Waals surface area contributed by atoms with E-state index in [4.69, 9.17) is 0 Å². The lowest BCUT2D eigenvalue weighted by Gasteiger charge is -2.01. The minimum absolute atomic E-state index is 0.969. The van der Waals surface area contributed by atoms with Crippen molar-refractivity contribution in [2.24, 2.45) is 0 Å². The second-order valence-electron chi connectivity index (χ2n) is 3.14. The Morgan fingerprint density at radius 1 is 1.29 bits per heavy atom. The largest absolute Gasteiger partial charge is 0.0991 e. The Kier molecular flexibility index (Phi) is 4.49. The maximum atomic E-state index is 3.71. The topological polar surface area (TPSA) is 0 Å². The number of allylic oxidation sites excluding steroid dienone is 5. The summed E-state index contributed by atoms with van der Waals surface area (Å²) in [6.07, 6.45) is 9.02. The molecule has 0 nitrogen and oxygen atoms in total. The minimum atomic E-state index is 0.969. The Bertz CT molecular complexity index is 328. The van der Waals surface area contributed by atoms with E-state index in [0.717, 1.165) is 6.42 Å². The van der Waals surface area contributed by atoms with E-state index in [1.807, 2.05) is 25.1 Å². The van der Waals surface area contributed by atoms with Gasteiger partial charge in [-0.15, -0.1) is 0 Å². The molecule has 0 heteroatoms. The van der Waals surface area contributed by atoms with E-state index in [9.17, 15) is 0 Å². The monoisotopic (exact) mass is 184 g/mol. The molecule has 0 radical (unpaired) electrons. The molecule has 0 aliphatic rings. The standard InChI is InChI=1S/C14H16/c1-3-8-13(9-4-2)12-14-10-6-5-7-11-14/h3-11H,1,12H2,2H3. The molecule has 0 aliphatic heterocycles. The summed E-state index contributed by atoms with van der Waals surface area (Å²) in [6, 6.07) is 10.4. The van der Waals surface area contributed by atoms with Crippen molar-refractivity contribution in [2.75, 3.05) is 0 Å². The van der Waals surface area contributed by atoms with Crippen LogP contribution in [0.25, 0.3) is 0 Å². The summed E-state index contributed by atoms with van der Waals surface area (Å²) in [5.74, 6) is 0. The lowest BCUT2D eigenvalue weighted by molar-refractivity contribution is 1.19. The molecule has 0 aliphatic carbocycles. The van der Waals surface area contributed by atoms with E-state index in [0.29, 0.717) is 0 Å². The number of rotatable bonds is 4. The minimum Gasteiger partial charge on any atom is -0.0991 e. The van der Waals surface area contributed by atoms with E-state index in [1.54, 1.807) is 0 Å². The highest BCUT2D eigenvalue weighted by molar-refractivity contribution is 5.30. The van der Waals surface area contributed by atoms with Gasteiger partial charge in [0.25, 0.3) is 0 Å². The number of benzene rings is 1. The molecule has 0 amide bonds. The molecule has 72 valence electrons. The van der Waals surface area contributed by atoms with E-state index >= 15 is 0 Å². The fraction of sp³-hybridized carbons (Fsp3) is 0.143. The van der Waals surface area contributed by atoms with Crippen LogP contribution in [0.3, 0.4) is 0 Å². The van der Waals surface area contributed by atoms with Gasteiger partial charge < -0.3 is 0 Å². The summed E-state index contributed by atoms with van der Waals surface area (Å²) in [5.41, 5.74) is 2.62. The van der Waals surface area contributed by atoms with Crippen LogP contribution in [-0.2, 0) is 6.42 Å². The lowest BCUT2D eigenvalue weighted by atomic mass is 10.0. The molecule has 0 unspecified atom stereocenters. The maximum Gasteiger partial charge on any atom is -0.00259 e. The van der Waals surface area contributed by atoms with Gasteiger partial charge in [-0.3, -0.25) is 0 Å². The molecule has 0 saturated heterocycles. The van der Waals surface area contributed by atoms with Gasteiger partial charge in [0, 0.05) is 0 Å². The quantitative estimate of drug-likeness (QED) is 0.622. The van der Waals surface area contributed by atoms with Crippen molar-refractivity contribution in [2.45, 2.75) is 13.3 Å². The molecule has 0 aromatic heterocycles. The average Bonchev–Trinajstić information content (AvgIpc) is 2.20. The van der Waals surface area contributed by atoms with Crippen LogP contribution in [0.5, 0.6) is 0 Å². The molecule has 1 aromatic carbocycles. The van der Waals surface area contributed by atoms with E-state index in [1.165, 1.54) is 11.1 Å². The number of hydrogen-bond acceptors (Lipinski definition) is 0. The second kappa shape index (κ2) is 5.98. The molecule has 0 saturated carbocycles. The Morgan fingerprint density at radius 3 is 2.57 bits per heavy atom. The van der Waals surface area contributed by atoms with Crippen LogP contribution >= 0.6 is 0 Å². The fourth-order valence-corrected chi connectivity index (χ4v) is 1.37. The first kappa shape index (κ1) is 10.5. The zero-order valence-electron chi connectivity index (χ0n) is 8.61. The predicted octanol–water partition coefficient (Wildman–Crippen LogP) is 3.92. The Balaban J connectivity index is 2.75. The average molecular weight is 184 g/mol. The summed E-state index contributed by atoms with van der Waals surface area (Å²) in [7, 11) is 0. The van der Waals surface area contributed by atoms with Crippen molar-refractivity contribution >= 4 is 0 Å². The van der Waals surface area contributed by atoms with Gasteiger partial charge in [-0.1, -0.05) is 61.2 Å². The van der Waals surface area contributed by atoms with Crippen molar-refractivity contribution in [3.05, 3.63) is 72.4 Å². The van der Waals surface area contributed by atoms with Gasteiger partial charge in [-0.2, -0.15) is 0 Å². The SMILES string of the molecule is C=CC=C(C=CC)Cc1ccccc1. The maximum absolute atomic E-state index is 3.71. The van der Waals surface area contributed by atoms with Crippen molar-refractivity contribution in [1.82, 2.24) is 0 Å². The first-order valence-corrected chi connectivity index (χ1v) is 4.85. The first-order chi connectivity index (χ1) is 6.86. The highest BCUT2D eigenvalue weighted by Crippen LogP contribution is 2.09. The van der Waals surface area contributed by atoms with Crippen molar-refractivity contribution in [1.29, 1.82) is 0 Å². The van der Waals surface area contributed by atoms with Crippen LogP contribution in [0.4, 0.5) is 0 Å².